The third-order valence-corrected chi connectivity index (χ3v) is 7.94. The van der Waals surface area contributed by atoms with Gasteiger partial charge in [0, 0.05) is 56.7 Å². The van der Waals surface area contributed by atoms with Crippen LogP contribution in [0.15, 0.2) is 27.4 Å². The Bertz CT molecular complexity index is 1050. The van der Waals surface area contributed by atoms with Crippen molar-refractivity contribution in [1.82, 2.24) is 24.6 Å². The molecule has 3 fully saturated rings. The van der Waals surface area contributed by atoms with Gasteiger partial charge in [-0.2, -0.15) is 0 Å². The van der Waals surface area contributed by atoms with E-state index in [4.69, 9.17) is 4.42 Å². The summed E-state index contributed by atoms with van der Waals surface area (Å²) in [6.07, 6.45) is 4.70. The zero-order chi connectivity index (χ0) is 21.1. The molecule has 0 N–H and O–H groups in total. The normalized spacial score (nSPS) is 32.2. The molecule has 6 rings (SSSR count). The molecule has 1 saturated carbocycles. The Morgan fingerprint density at radius 3 is 2.65 bits per heavy atom. The second kappa shape index (κ2) is 7.29. The highest BCUT2D eigenvalue weighted by molar-refractivity contribution is 5.81. The van der Waals surface area contributed by atoms with E-state index in [1.54, 1.807) is 13.0 Å². The second-order valence-corrected chi connectivity index (χ2v) is 9.90. The van der Waals surface area contributed by atoms with Crippen LogP contribution < -0.4 is 5.56 Å². The van der Waals surface area contributed by atoms with Crippen molar-refractivity contribution in [3.8, 4) is 0 Å². The largest absolute Gasteiger partial charge is 0.424 e. The van der Waals surface area contributed by atoms with Crippen molar-refractivity contribution in [1.29, 1.82) is 0 Å². The molecule has 164 valence electrons. The molecular formula is C23H29N5O3. The molecule has 0 radical (unpaired) electrons. The van der Waals surface area contributed by atoms with Crippen LogP contribution in [-0.4, -0.2) is 56.7 Å². The number of aromatic nitrogens is 3. The van der Waals surface area contributed by atoms with Gasteiger partial charge in [0.1, 0.15) is 6.04 Å². The van der Waals surface area contributed by atoms with Crippen LogP contribution in [0.25, 0.3) is 0 Å². The third kappa shape index (κ3) is 3.23. The number of aryl methyl sites for hydroxylation is 1. The summed E-state index contributed by atoms with van der Waals surface area (Å²) in [5, 5.41) is 8.10. The number of piperidine rings is 1. The van der Waals surface area contributed by atoms with Crippen LogP contribution in [0.1, 0.15) is 55.1 Å². The summed E-state index contributed by atoms with van der Waals surface area (Å²) in [5.74, 6) is 2.96. The van der Waals surface area contributed by atoms with Crippen molar-refractivity contribution in [2.75, 3.05) is 26.2 Å². The van der Waals surface area contributed by atoms with Crippen molar-refractivity contribution in [2.45, 2.75) is 51.1 Å². The van der Waals surface area contributed by atoms with E-state index in [1.165, 1.54) is 19.3 Å². The molecule has 2 aromatic heterocycles. The van der Waals surface area contributed by atoms with Crippen molar-refractivity contribution in [3.63, 3.8) is 0 Å². The molecule has 5 atom stereocenters. The number of fused-ring (bicyclic) bond motifs is 5. The predicted molar refractivity (Wildman–Crippen MR) is 112 cm³/mol. The minimum atomic E-state index is -0.411. The Hall–Kier alpha value is -2.48. The van der Waals surface area contributed by atoms with Gasteiger partial charge in [0.15, 0.2) is 0 Å². The van der Waals surface area contributed by atoms with Crippen LogP contribution in [0.3, 0.4) is 0 Å². The van der Waals surface area contributed by atoms with Crippen molar-refractivity contribution in [2.24, 2.45) is 17.8 Å². The molecule has 2 aromatic rings. The lowest BCUT2D eigenvalue weighted by atomic mass is 9.78. The zero-order valence-electron chi connectivity index (χ0n) is 17.9. The van der Waals surface area contributed by atoms with Gasteiger partial charge in [-0.15, -0.1) is 10.2 Å². The molecule has 0 spiro atoms. The number of amides is 1. The second-order valence-electron chi connectivity index (χ2n) is 9.90. The minimum Gasteiger partial charge on any atom is -0.424 e. The molecule has 8 heteroatoms. The Balaban J connectivity index is 1.32. The van der Waals surface area contributed by atoms with Crippen molar-refractivity contribution >= 4 is 5.91 Å². The van der Waals surface area contributed by atoms with Gasteiger partial charge in [-0.1, -0.05) is 12.5 Å². The van der Waals surface area contributed by atoms with E-state index in [-0.39, 0.29) is 23.3 Å². The number of carbonyl (C=O) groups excluding carboxylic acids is 1. The number of hydrogen-bond acceptors (Lipinski definition) is 6. The molecular weight excluding hydrogens is 394 g/mol. The fraction of sp³-hybridized carbons (Fsp3) is 0.652. The summed E-state index contributed by atoms with van der Waals surface area (Å²) >= 11 is 0. The van der Waals surface area contributed by atoms with Gasteiger partial charge < -0.3 is 9.32 Å². The Morgan fingerprint density at radius 1 is 1.10 bits per heavy atom. The number of pyridine rings is 1. The molecule has 1 aliphatic carbocycles. The highest BCUT2D eigenvalue weighted by Crippen LogP contribution is 2.44. The van der Waals surface area contributed by atoms with Crippen LogP contribution in [0.5, 0.6) is 0 Å². The quantitative estimate of drug-likeness (QED) is 0.750. The maximum absolute atomic E-state index is 13.8. The highest BCUT2D eigenvalue weighted by atomic mass is 16.4. The van der Waals surface area contributed by atoms with Crippen LogP contribution in [0, 0.1) is 24.7 Å². The minimum absolute atomic E-state index is 0.0501. The summed E-state index contributed by atoms with van der Waals surface area (Å²) < 4.78 is 7.42. The van der Waals surface area contributed by atoms with Crippen LogP contribution in [0.2, 0.25) is 0 Å². The average Bonchev–Trinajstić information content (AvgIpc) is 3.45. The van der Waals surface area contributed by atoms with E-state index in [0.717, 1.165) is 38.3 Å². The lowest BCUT2D eigenvalue weighted by Crippen LogP contribution is -2.53. The first kappa shape index (κ1) is 19.2. The van der Waals surface area contributed by atoms with E-state index >= 15 is 0 Å². The monoisotopic (exact) mass is 423 g/mol. The number of hydrogen-bond donors (Lipinski definition) is 0. The Morgan fingerprint density at radius 2 is 1.90 bits per heavy atom. The Kier molecular flexibility index (Phi) is 4.52. The SMILES string of the molecule is Cc1nnc(CN2C[C@H]3C[C@@H](C2)[C@H](C(=O)N2C[C@H]4CCC[C@H]4C2)n2c3cccc2=O)o1. The van der Waals surface area contributed by atoms with E-state index in [9.17, 15) is 9.59 Å². The van der Waals surface area contributed by atoms with Crippen molar-refractivity contribution < 1.29 is 9.21 Å². The first-order valence-corrected chi connectivity index (χ1v) is 11.6. The standard InChI is InChI=1S/C23H29N5O3/c1-14-24-25-20(31-14)13-26-9-17-8-18(10-26)22(28-19(17)6-3-7-21(28)29)23(30)27-11-15-4-2-5-16(15)12-27/h3,6-7,15-18,22H,2,4-5,8-13H2,1H3/t15-,16+,17-,18+,22-/m1/s1. The van der Waals surface area contributed by atoms with Crippen molar-refractivity contribution in [3.05, 3.63) is 46.0 Å². The summed E-state index contributed by atoms with van der Waals surface area (Å²) in [6.45, 7) is 5.69. The Labute approximate surface area is 181 Å². The molecule has 5 heterocycles. The maximum Gasteiger partial charge on any atom is 0.251 e. The lowest BCUT2D eigenvalue weighted by Gasteiger charge is -2.46. The van der Waals surface area contributed by atoms with Gasteiger partial charge in [-0.25, -0.2) is 0 Å². The molecule has 2 bridgehead atoms. The zero-order valence-corrected chi connectivity index (χ0v) is 17.9. The highest BCUT2D eigenvalue weighted by Gasteiger charge is 2.47. The molecule has 1 amide bonds. The first-order valence-electron chi connectivity index (χ1n) is 11.6. The first-order chi connectivity index (χ1) is 15.1. The van der Waals surface area contributed by atoms with Gasteiger partial charge in [0.25, 0.3) is 5.56 Å². The number of nitrogens with zero attached hydrogens (tertiary/aromatic N) is 5. The number of likely N-dealkylation sites (tertiary alicyclic amines) is 2. The molecule has 0 unspecified atom stereocenters. The summed E-state index contributed by atoms with van der Waals surface area (Å²) in [5.41, 5.74) is 0.943. The van der Waals surface area contributed by atoms with Gasteiger partial charge in [-0.05, 0) is 37.2 Å². The van der Waals surface area contributed by atoms with E-state index < -0.39 is 6.04 Å². The van der Waals surface area contributed by atoms with Crippen LogP contribution >= 0.6 is 0 Å². The lowest BCUT2D eigenvalue weighted by molar-refractivity contribution is -0.137. The summed E-state index contributed by atoms with van der Waals surface area (Å²) in [7, 11) is 0. The van der Waals surface area contributed by atoms with Gasteiger partial charge in [-0.3, -0.25) is 19.1 Å². The van der Waals surface area contributed by atoms with Gasteiger partial charge in [0.2, 0.25) is 17.7 Å². The van der Waals surface area contributed by atoms with Crippen LogP contribution in [-0.2, 0) is 11.3 Å². The van der Waals surface area contributed by atoms with E-state index in [2.05, 4.69) is 20.0 Å². The van der Waals surface area contributed by atoms with E-state index in [1.807, 2.05) is 16.7 Å². The molecule has 0 aromatic carbocycles. The molecule has 3 aliphatic heterocycles. The molecule has 31 heavy (non-hydrogen) atoms. The number of rotatable bonds is 3. The molecule has 8 nitrogen and oxygen atoms in total. The third-order valence-electron chi connectivity index (χ3n) is 7.94. The predicted octanol–water partition coefficient (Wildman–Crippen LogP) is 1.96. The fourth-order valence-corrected chi connectivity index (χ4v) is 6.67. The molecule has 4 aliphatic rings. The summed E-state index contributed by atoms with van der Waals surface area (Å²) in [6, 6.07) is 5.05. The van der Waals surface area contributed by atoms with E-state index in [0.29, 0.717) is 30.2 Å². The fourth-order valence-electron chi connectivity index (χ4n) is 6.67. The van der Waals surface area contributed by atoms with Gasteiger partial charge >= 0.3 is 0 Å². The maximum atomic E-state index is 13.8. The smallest absolute Gasteiger partial charge is 0.251 e. The van der Waals surface area contributed by atoms with Crippen LogP contribution in [0.4, 0.5) is 0 Å². The van der Waals surface area contributed by atoms with Gasteiger partial charge in [0.05, 0.1) is 6.54 Å². The summed E-state index contributed by atoms with van der Waals surface area (Å²) in [4.78, 5) is 31.1. The molecule has 2 saturated heterocycles. The topological polar surface area (TPSA) is 84.5 Å². The average molecular weight is 424 g/mol. The number of carbonyl (C=O) groups is 1.